The standard InChI is InChI=1S/C16H12BrNO3/c17-14-3-1-2-13(8-14)10-21-16(19)11-20-15-6-4-12(9-18)5-7-15/h1-8H,10-11H2. The Hall–Kier alpha value is -2.32. The third-order valence-electron chi connectivity index (χ3n) is 2.63. The highest BCUT2D eigenvalue weighted by molar-refractivity contribution is 9.10. The van der Waals surface area contributed by atoms with Crippen LogP contribution in [0.15, 0.2) is 53.0 Å². The van der Waals surface area contributed by atoms with E-state index in [9.17, 15) is 4.79 Å². The molecule has 0 radical (unpaired) electrons. The summed E-state index contributed by atoms with van der Waals surface area (Å²) in [6.45, 7) is 0.0366. The first kappa shape index (κ1) is 15.1. The molecule has 0 spiro atoms. The highest BCUT2D eigenvalue weighted by Crippen LogP contribution is 2.13. The smallest absolute Gasteiger partial charge is 0.344 e. The van der Waals surface area contributed by atoms with Crippen LogP contribution in [0.5, 0.6) is 5.75 Å². The molecule has 0 unspecified atom stereocenters. The molecule has 0 bridgehead atoms. The molecule has 2 rings (SSSR count). The van der Waals surface area contributed by atoms with E-state index >= 15 is 0 Å². The average Bonchev–Trinajstić information content (AvgIpc) is 2.51. The van der Waals surface area contributed by atoms with Crippen LogP contribution in [-0.4, -0.2) is 12.6 Å². The molecule has 0 aliphatic carbocycles. The summed E-state index contributed by atoms with van der Waals surface area (Å²) >= 11 is 3.35. The molecule has 0 amide bonds. The summed E-state index contributed by atoms with van der Waals surface area (Å²) in [5, 5.41) is 8.68. The van der Waals surface area contributed by atoms with Crippen LogP contribution in [0.1, 0.15) is 11.1 Å². The molecule has 0 N–H and O–H groups in total. The fourth-order valence-corrected chi connectivity index (χ4v) is 2.05. The summed E-state index contributed by atoms with van der Waals surface area (Å²) in [5.74, 6) is 0.0766. The first-order chi connectivity index (χ1) is 10.2. The van der Waals surface area contributed by atoms with Crippen molar-refractivity contribution in [3.8, 4) is 11.8 Å². The molecule has 0 aromatic heterocycles. The summed E-state index contributed by atoms with van der Waals surface area (Å²) in [4.78, 5) is 11.6. The molecule has 0 saturated carbocycles. The maximum absolute atomic E-state index is 11.6. The first-order valence-corrected chi connectivity index (χ1v) is 7.00. The number of halogens is 1. The number of rotatable bonds is 5. The zero-order chi connectivity index (χ0) is 15.1. The van der Waals surface area contributed by atoms with Gasteiger partial charge in [-0.2, -0.15) is 5.26 Å². The largest absolute Gasteiger partial charge is 0.482 e. The van der Waals surface area contributed by atoms with Crippen LogP contribution in [0.2, 0.25) is 0 Å². The van der Waals surface area contributed by atoms with Crippen molar-refractivity contribution in [2.45, 2.75) is 6.61 Å². The molecular weight excluding hydrogens is 334 g/mol. The fraction of sp³-hybridized carbons (Fsp3) is 0.125. The minimum atomic E-state index is -0.445. The Morgan fingerprint density at radius 3 is 2.62 bits per heavy atom. The van der Waals surface area contributed by atoms with Gasteiger partial charge < -0.3 is 9.47 Å². The predicted octanol–water partition coefficient (Wildman–Crippen LogP) is 3.44. The number of nitriles is 1. The van der Waals surface area contributed by atoms with E-state index in [4.69, 9.17) is 14.7 Å². The Labute approximate surface area is 131 Å². The second-order valence-electron chi connectivity index (χ2n) is 4.22. The van der Waals surface area contributed by atoms with E-state index in [-0.39, 0.29) is 13.2 Å². The Balaban J connectivity index is 1.78. The molecule has 106 valence electrons. The summed E-state index contributed by atoms with van der Waals surface area (Å²) in [5.41, 5.74) is 1.44. The highest BCUT2D eigenvalue weighted by atomic mass is 79.9. The lowest BCUT2D eigenvalue weighted by atomic mass is 10.2. The molecule has 0 heterocycles. The molecule has 0 aliphatic rings. The topological polar surface area (TPSA) is 59.3 Å². The summed E-state index contributed by atoms with van der Waals surface area (Å²) in [6.07, 6.45) is 0. The molecule has 2 aromatic rings. The second kappa shape index (κ2) is 7.46. The zero-order valence-corrected chi connectivity index (χ0v) is 12.7. The van der Waals surface area contributed by atoms with Gasteiger partial charge in [-0.25, -0.2) is 4.79 Å². The molecule has 0 fully saturated rings. The van der Waals surface area contributed by atoms with E-state index in [0.29, 0.717) is 11.3 Å². The minimum Gasteiger partial charge on any atom is -0.482 e. The maximum Gasteiger partial charge on any atom is 0.344 e. The van der Waals surface area contributed by atoms with E-state index < -0.39 is 5.97 Å². The Kier molecular flexibility index (Phi) is 5.35. The molecule has 0 saturated heterocycles. The van der Waals surface area contributed by atoms with Gasteiger partial charge in [-0.1, -0.05) is 28.1 Å². The number of carbonyl (C=O) groups excluding carboxylic acids is 1. The van der Waals surface area contributed by atoms with Crippen molar-refractivity contribution in [3.05, 3.63) is 64.1 Å². The van der Waals surface area contributed by atoms with E-state index in [1.807, 2.05) is 30.3 Å². The average molecular weight is 346 g/mol. The van der Waals surface area contributed by atoms with Gasteiger partial charge in [-0.05, 0) is 42.0 Å². The number of nitrogens with zero attached hydrogens (tertiary/aromatic N) is 1. The Morgan fingerprint density at radius 2 is 1.95 bits per heavy atom. The summed E-state index contributed by atoms with van der Waals surface area (Å²) in [7, 11) is 0. The van der Waals surface area contributed by atoms with Crippen molar-refractivity contribution in [1.82, 2.24) is 0 Å². The molecule has 0 aliphatic heterocycles. The number of carbonyl (C=O) groups is 1. The van der Waals surface area contributed by atoms with Gasteiger partial charge in [0.2, 0.25) is 0 Å². The Morgan fingerprint density at radius 1 is 1.19 bits per heavy atom. The normalized spacial score (nSPS) is 9.71. The molecule has 2 aromatic carbocycles. The lowest BCUT2D eigenvalue weighted by Crippen LogP contribution is -2.14. The first-order valence-electron chi connectivity index (χ1n) is 6.20. The monoisotopic (exact) mass is 345 g/mol. The molecule has 4 nitrogen and oxygen atoms in total. The minimum absolute atomic E-state index is 0.167. The third kappa shape index (κ3) is 4.93. The number of ether oxygens (including phenoxy) is 2. The van der Waals surface area contributed by atoms with Gasteiger partial charge in [-0.3, -0.25) is 0 Å². The van der Waals surface area contributed by atoms with E-state index in [1.165, 1.54) is 0 Å². The van der Waals surface area contributed by atoms with Crippen LogP contribution in [0.25, 0.3) is 0 Å². The number of esters is 1. The maximum atomic E-state index is 11.6. The molecular formula is C16H12BrNO3. The lowest BCUT2D eigenvalue weighted by Gasteiger charge is -2.07. The predicted molar refractivity (Wildman–Crippen MR) is 80.6 cm³/mol. The highest BCUT2D eigenvalue weighted by Gasteiger charge is 2.05. The van der Waals surface area contributed by atoms with Crippen LogP contribution >= 0.6 is 15.9 Å². The SMILES string of the molecule is N#Cc1ccc(OCC(=O)OCc2cccc(Br)c2)cc1. The van der Waals surface area contributed by atoms with Gasteiger partial charge in [0.15, 0.2) is 6.61 Å². The van der Waals surface area contributed by atoms with Crippen LogP contribution in [0.3, 0.4) is 0 Å². The third-order valence-corrected chi connectivity index (χ3v) is 3.12. The Bertz CT molecular complexity index is 662. The quantitative estimate of drug-likeness (QED) is 0.778. The number of hydrogen-bond acceptors (Lipinski definition) is 4. The van der Waals surface area contributed by atoms with Crippen molar-refractivity contribution < 1.29 is 14.3 Å². The van der Waals surface area contributed by atoms with Crippen molar-refractivity contribution in [3.63, 3.8) is 0 Å². The van der Waals surface area contributed by atoms with Gasteiger partial charge in [0.25, 0.3) is 0 Å². The van der Waals surface area contributed by atoms with Gasteiger partial charge >= 0.3 is 5.97 Å². The van der Waals surface area contributed by atoms with Gasteiger partial charge in [0, 0.05) is 4.47 Å². The second-order valence-corrected chi connectivity index (χ2v) is 5.13. The van der Waals surface area contributed by atoms with Gasteiger partial charge in [0.1, 0.15) is 12.4 Å². The number of hydrogen-bond donors (Lipinski definition) is 0. The summed E-state index contributed by atoms with van der Waals surface area (Å²) in [6, 6.07) is 16.1. The van der Waals surface area contributed by atoms with Crippen LogP contribution in [-0.2, 0) is 16.1 Å². The fourth-order valence-electron chi connectivity index (χ4n) is 1.60. The van der Waals surface area contributed by atoms with Crippen molar-refractivity contribution >= 4 is 21.9 Å². The zero-order valence-electron chi connectivity index (χ0n) is 11.1. The summed E-state index contributed by atoms with van der Waals surface area (Å²) < 4.78 is 11.3. The van der Waals surface area contributed by atoms with Gasteiger partial charge in [0.05, 0.1) is 11.6 Å². The lowest BCUT2D eigenvalue weighted by molar-refractivity contribution is -0.147. The van der Waals surface area contributed by atoms with E-state index in [0.717, 1.165) is 10.0 Å². The molecule has 5 heteroatoms. The van der Waals surface area contributed by atoms with Crippen molar-refractivity contribution in [1.29, 1.82) is 5.26 Å². The van der Waals surface area contributed by atoms with Crippen molar-refractivity contribution in [2.75, 3.05) is 6.61 Å². The van der Waals surface area contributed by atoms with Crippen LogP contribution < -0.4 is 4.74 Å². The van der Waals surface area contributed by atoms with E-state index in [1.54, 1.807) is 24.3 Å². The van der Waals surface area contributed by atoms with Crippen LogP contribution in [0, 0.1) is 11.3 Å². The van der Waals surface area contributed by atoms with Crippen LogP contribution in [0.4, 0.5) is 0 Å². The van der Waals surface area contributed by atoms with E-state index in [2.05, 4.69) is 15.9 Å². The van der Waals surface area contributed by atoms with Crippen molar-refractivity contribution in [2.24, 2.45) is 0 Å². The number of benzene rings is 2. The molecule has 0 atom stereocenters. The van der Waals surface area contributed by atoms with Gasteiger partial charge in [-0.15, -0.1) is 0 Å². The molecule has 21 heavy (non-hydrogen) atoms.